The fraction of sp³-hybridized carbons (Fsp3) is 0.258. The van der Waals surface area contributed by atoms with Gasteiger partial charge in [-0.05, 0) is 87.4 Å². The Labute approximate surface area is 253 Å². The molecule has 4 aromatic rings. The summed E-state index contributed by atoms with van der Waals surface area (Å²) in [7, 11) is 1.56. The van der Waals surface area contributed by atoms with E-state index in [9.17, 15) is 14.4 Å². The van der Waals surface area contributed by atoms with E-state index in [1.807, 2.05) is 32.9 Å². The second kappa shape index (κ2) is 11.6. The predicted octanol–water partition coefficient (Wildman–Crippen LogP) is 5.23. The first kappa shape index (κ1) is 29.3. The van der Waals surface area contributed by atoms with Crippen LogP contribution in [0.1, 0.15) is 58.3 Å². The van der Waals surface area contributed by atoms with Crippen molar-refractivity contribution >= 4 is 41.0 Å². The topological polar surface area (TPSA) is 109 Å². The highest BCUT2D eigenvalue weighted by Gasteiger charge is 2.33. The lowest BCUT2D eigenvalue weighted by Gasteiger charge is -2.35. The van der Waals surface area contributed by atoms with Gasteiger partial charge in [0.1, 0.15) is 0 Å². The first-order valence-electron chi connectivity index (χ1n) is 13.4. The summed E-state index contributed by atoms with van der Waals surface area (Å²) in [6.07, 6.45) is 3.73. The number of benzene rings is 2. The van der Waals surface area contributed by atoms with Gasteiger partial charge in [0.2, 0.25) is 5.95 Å². The maximum atomic E-state index is 14.2. The third kappa shape index (κ3) is 5.62. The molecule has 0 spiro atoms. The highest BCUT2D eigenvalue weighted by Crippen LogP contribution is 2.30. The Balaban J connectivity index is 1.60. The minimum Gasteiger partial charge on any atom is -0.355 e. The van der Waals surface area contributed by atoms with Gasteiger partial charge in [0.15, 0.2) is 0 Å². The molecule has 1 aliphatic rings. The smallest absolute Gasteiger partial charge is 0.263 e. The van der Waals surface area contributed by atoms with Gasteiger partial charge in [-0.15, -0.1) is 0 Å². The van der Waals surface area contributed by atoms with Crippen LogP contribution < -0.4 is 16.2 Å². The second-order valence-corrected chi connectivity index (χ2v) is 11.5. The average Bonchev–Trinajstić information content (AvgIpc) is 2.98. The zero-order valence-electron chi connectivity index (χ0n) is 23.6. The van der Waals surface area contributed by atoms with E-state index in [1.54, 1.807) is 66.8 Å². The number of hydrogen-bond acceptors (Lipinski definition) is 6. The zero-order chi connectivity index (χ0) is 30.2. The first-order chi connectivity index (χ1) is 20.0. The monoisotopic (exact) mass is 604 g/mol. The Morgan fingerprint density at radius 3 is 2.29 bits per heavy atom. The van der Waals surface area contributed by atoms with Crippen LogP contribution in [0, 0.1) is 0 Å². The van der Waals surface area contributed by atoms with Crippen LogP contribution in [0.2, 0.25) is 10.0 Å². The van der Waals surface area contributed by atoms with Gasteiger partial charge in [-0.1, -0.05) is 23.2 Å². The maximum Gasteiger partial charge on any atom is 0.263 e. The van der Waals surface area contributed by atoms with Gasteiger partial charge in [0.05, 0.1) is 33.5 Å². The van der Waals surface area contributed by atoms with E-state index >= 15 is 0 Å². The van der Waals surface area contributed by atoms with Gasteiger partial charge in [-0.2, -0.15) is 0 Å². The molecular formula is C31H30Cl2N6O3. The van der Waals surface area contributed by atoms with E-state index in [0.29, 0.717) is 50.5 Å². The second-order valence-electron chi connectivity index (χ2n) is 10.7. The number of carbonyl (C=O) groups excluding carboxylic acids is 2. The molecule has 2 amide bonds. The van der Waals surface area contributed by atoms with Crippen LogP contribution in [0.25, 0.3) is 5.69 Å². The molecule has 3 heterocycles. The number of carbonyl (C=O) groups is 2. The lowest BCUT2D eigenvalue weighted by atomic mass is 9.95. The Hall–Kier alpha value is -4.21. The van der Waals surface area contributed by atoms with Crippen LogP contribution in [0.5, 0.6) is 0 Å². The molecule has 2 aromatic carbocycles. The number of nitrogens with zero attached hydrogens (tertiary/aromatic N) is 4. The highest BCUT2D eigenvalue weighted by atomic mass is 35.5. The molecule has 2 aromatic heterocycles. The molecule has 0 saturated carbocycles. The number of halogens is 2. The van der Waals surface area contributed by atoms with Crippen molar-refractivity contribution in [1.82, 2.24) is 24.8 Å². The lowest BCUT2D eigenvalue weighted by molar-refractivity contribution is 0.0653. The molecule has 11 heteroatoms. The van der Waals surface area contributed by atoms with Gasteiger partial charge in [0.25, 0.3) is 17.4 Å². The molecule has 1 atom stereocenters. The van der Waals surface area contributed by atoms with Crippen molar-refractivity contribution in [2.75, 3.05) is 12.4 Å². The van der Waals surface area contributed by atoms with Gasteiger partial charge in [-0.25, -0.2) is 9.55 Å². The summed E-state index contributed by atoms with van der Waals surface area (Å²) in [6, 6.07) is 15.1. The van der Waals surface area contributed by atoms with Crippen LogP contribution in [-0.4, -0.2) is 44.3 Å². The minimum absolute atomic E-state index is 0.144. The average molecular weight is 606 g/mol. The number of nitrogens with one attached hydrogen (secondary N) is 2. The molecule has 0 unspecified atom stereocenters. The van der Waals surface area contributed by atoms with Crippen LogP contribution in [0.3, 0.4) is 0 Å². The van der Waals surface area contributed by atoms with E-state index in [2.05, 4.69) is 15.6 Å². The number of anilines is 1. The third-order valence-corrected chi connectivity index (χ3v) is 8.22. The van der Waals surface area contributed by atoms with E-state index in [0.717, 1.165) is 5.56 Å². The largest absolute Gasteiger partial charge is 0.355 e. The van der Waals surface area contributed by atoms with Crippen molar-refractivity contribution in [3.63, 3.8) is 0 Å². The minimum atomic E-state index is -0.641. The van der Waals surface area contributed by atoms with E-state index in [1.165, 1.54) is 4.57 Å². The summed E-state index contributed by atoms with van der Waals surface area (Å²) in [5, 5.41) is 6.71. The Kier molecular flexibility index (Phi) is 8.08. The van der Waals surface area contributed by atoms with Crippen LogP contribution in [-0.2, 0) is 18.5 Å². The molecule has 0 radical (unpaired) electrons. The Morgan fingerprint density at radius 2 is 1.64 bits per heavy atom. The molecule has 1 aliphatic heterocycles. The predicted molar refractivity (Wildman–Crippen MR) is 164 cm³/mol. The SMILES string of the molecule is CNC(=O)c1ccc(-n2c(NC(C)(C)c3ccncc3)nc3c(c2=O)C[C@@H](C)N(C(=O)c2ccc(Cl)c(Cl)c2)C3)cc1. The fourth-order valence-corrected chi connectivity index (χ4v) is 5.37. The molecule has 216 valence electrons. The number of aromatic nitrogens is 3. The Morgan fingerprint density at radius 1 is 0.976 bits per heavy atom. The van der Waals surface area contributed by atoms with Crippen molar-refractivity contribution in [2.24, 2.45) is 0 Å². The van der Waals surface area contributed by atoms with E-state index < -0.39 is 5.54 Å². The molecule has 0 bridgehead atoms. The molecule has 9 nitrogen and oxygen atoms in total. The van der Waals surface area contributed by atoms with Crippen LogP contribution in [0.15, 0.2) is 71.8 Å². The number of amides is 2. The summed E-state index contributed by atoms with van der Waals surface area (Å²) >= 11 is 12.2. The number of hydrogen-bond donors (Lipinski definition) is 2. The van der Waals surface area contributed by atoms with Crippen molar-refractivity contribution in [2.45, 2.75) is 45.3 Å². The summed E-state index contributed by atoms with van der Waals surface area (Å²) < 4.78 is 1.53. The standard InChI is InChI=1S/C31H30Cl2N6O3/c1-18-15-23-26(17-38(18)28(41)20-7-10-24(32)25(33)16-20)36-30(37-31(2,3)21-11-13-35-14-12-21)39(29(23)42)22-8-5-19(6-9-22)27(40)34-4/h5-14,16,18H,15,17H2,1-4H3,(H,34,40)(H,36,37)/t18-/m1/s1. The molecule has 5 rings (SSSR count). The van der Waals surface area contributed by atoms with Gasteiger partial charge in [0, 0.05) is 42.2 Å². The maximum absolute atomic E-state index is 14.2. The molecule has 0 aliphatic carbocycles. The number of pyridine rings is 1. The normalized spacial score (nSPS) is 14.7. The van der Waals surface area contributed by atoms with Crippen molar-refractivity contribution < 1.29 is 9.59 Å². The zero-order valence-corrected chi connectivity index (χ0v) is 25.1. The fourth-order valence-electron chi connectivity index (χ4n) is 5.08. The highest BCUT2D eigenvalue weighted by molar-refractivity contribution is 6.42. The van der Waals surface area contributed by atoms with Crippen molar-refractivity contribution in [3.8, 4) is 5.69 Å². The molecule has 42 heavy (non-hydrogen) atoms. The Bertz CT molecular complexity index is 1720. The third-order valence-electron chi connectivity index (χ3n) is 7.48. The summed E-state index contributed by atoms with van der Waals surface area (Å²) in [4.78, 5) is 50.6. The van der Waals surface area contributed by atoms with Gasteiger partial charge in [-0.3, -0.25) is 19.4 Å². The number of fused-ring (bicyclic) bond motifs is 1. The van der Waals surface area contributed by atoms with Crippen LogP contribution in [0.4, 0.5) is 5.95 Å². The molecular weight excluding hydrogens is 575 g/mol. The van der Waals surface area contributed by atoms with Gasteiger partial charge < -0.3 is 15.5 Å². The lowest BCUT2D eigenvalue weighted by Crippen LogP contribution is -2.46. The summed E-state index contributed by atoms with van der Waals surface area (Å²) in [6.45, 7) is 6.01. The molecule has 0 saturated heterocycles. The number of rotatable bonds is 6. The van der Waals surface area contributed by atoms with E-state index in [-0.39, 0.29) is 30.0 Å². The summed E-state index contributed by atoms with van der Waals surface area (Å²) in [5.74, 6) is -0.144. The van der Waals surface area contributed by atoms with Crippen molar-refractivity contribution in [3.05, 3.63) is 115 Å². The molecule has 0 fully saturated rings. The quantitative estimate of drug-likeness (QED) is 0.312. The van der Waals surface area contributed by atoms with Crippen molar-refractivity contribution in [1.29, 1.82) is 0 Å². The van der Waals surface area contributed by atoms with Gasteiger partial charge >= 0.3 is 0 Å². The molecule has 2 N–H and O–H groups in total. The van der Waals surface area contributed by atoms with Crippen LogP contribution >= 0.6 is 23.2 Å². The summed E-state index contributed by atoms with van der Waals surface area (Å²) in [5.41, 5.74) is 2.53. The van der Waals surface area contributed by atoms with E-state index in [4.69, 9.17) is 28.2 Å². The first-order valence-corrected chi connectivity index (χ1v) is 14.2.